The van der Waals surface area contributed by atoms with Gasteiger partial charge in [0.25, 0.3) is 0 Å². The minimum absolute atomic E-state index is 0.0355. The molecule has 2 atom stereocenters. The monoisotopic (exact) mass is 273 g/mol. The Morgan fingerprint density at radius 3 is 2.50 bits per heavy atom. The molecule has 1 aromatic rings. The molecular weight excluding hydrogens is 254 g/mol. The Morgan fingerprint density at radius 1 is 1.25 bits per heavy atom. The Kier molecular flexibility index (Phi) is 4.56. The number of carbonyl (C=O) groups is 2. The highest BCUT2D eigenvalue weighted by Gasteiger charge is 2.19. The van der Waals surface area contributed by atoms with E-state index in [1.165, 1.54) is 0 Å². The SMILES string of the molecule is CC(C(=O)O)c1ccc(NC(=O)C2CC=CCC2)cc1. The van der Waals surface area contributed by atoms with E-state index in [1.54, 1.807) is 31.2 Å². The summed E-state index contributed by atoms with van der Waals surface area (Å²) in [5.41, 5.74) is 1.45. The molecule has 0 bridgehead atoms. The smallest absolute Gasteiger partial charge is 0.310 e. The van der Waals surface area contributed by atoms with Gasteiger partial charge in [-0.1, -0.05) is 24.3 Å². The number of rotatable bonds is 4. The standard InChI is InChI=1S/C16H19NO3/c1-11(16(19)20)12-7-9-14(10-8-12)17-15(18)13-5-3-2-4-6-13/h2-3,7-11,13H,4-6H2,1H3,(H,17,18)(H,19,20). The number of anilines is 1. The molecule has 1 amide bonds. The van der Waals surface area contributed by atoms with Crippen molar-refractivity contribution in [1.29, 1.82) is 0 Å². The van der Waals surface area contributed by atoms with Crippen LogP contribution in [0.15, 0.2) is 36.4 Å². The maximum Gasteiger partial charge on any atom is 0.310 e. The summed E-state index contributed by atoms with van der Waals surface area (Å²) < 4.78 is 0. The fraction of sp³-hybridized carbons (Fsp3) is 0.375. The van der Waals surface area contributed by atoms with Gasteiger partial charge in [-0.2, -0.15) is 0 Å². The van der Waals surface area contributed by atoms with Crippen molar-refractivity contribution in [3.05, 3.63) is 42.0 Å². The number of benzene rings is 1. The molecule has 1 aromatic carbocycles. The average molecular weight is 273 g/mol. The zero-order valence-corrected chi connectivity index (χ0v) is 11.5. The Morgan fingerprint density at radius 2 is 1.95 bits per heavy atom. The summed E-state index contributed by atoms with van der Waals surface area (Å²) in [5, 5.41) is 11.8. The summed E-state index contributed by atoms with van der Waals surface area (Å²) in [6.07, 6.45) is 6.78. The van der Waals surface area contributed by atoms with Gasteiger partial charge in [0, 0.05) is 11.6 Å². The van der Waals surface area contributed by atoms with E-state index in [0.717, 1.165) is 24.8 Å². The molecule has 4 nitrogen and oxygen atoms in total. The van der Waals surface area contributed by atoms with Crippen molar-refractivity contribution in [2.24, 2.45) is 5.92 Å². The van der Waals surface area contributed by atoms with Gasteiger partial charge in [0.2, 0.25) is 5.91 Å². The van der Waals surface area contributed by atoms with Crippen molar-refractivity contribution in [3.63, 3.8) is 0 Å². The minimum Gasteiger partial charge on any atom is -0.481 e. The summed E-state index contributed by atoms with van der Waals surface area (Å²) in [6.45, 7) is 1.64. The molecule has 0 fully saturated rings. The second-order valence-electron chi connectivity index (χ2n) is 5.15. The largest absolute Gasteiger partial charge is 0.481 e. The Hall–Kier alpha value is -2.10. The van der Waals surface area contributed by atoms with E-state index in [-0.39, 0.29) is 11.8 Å². The third-order valence-corrected chi connectivity index (χ3v) is 3.69. The lowest BCUT2D eigenvalue weighted by Gasteiger charge is -2.17. The lowest BCUT2D eigenvalue weighted by atomic mass is 9.93. The third kappa shape index (κ3) is 3.47. The van der Waals surface area contributed by atoms with Gasteiger partial charge >= 0.3 is 5.97 Å². The van der Waals surface area contributed by atoms with Gasteiger partial charge in [0.05, 0.1) is 5.92 Å². The quantitative estimate of drug-likeness (QED) is 0.828. The van der Waals surface area contributed by atoms with Crippen molar-refractivity contribution in [2.75, 3.05) is 5.32 Å². The number of hydrogen-bond acceptors (Lipinski definition) is 2. The predicted octanol–water partition coefficient (Wildman–Crippen LogP) is 3.17. The molecule has 0 radical (unpaired) electrons. The van der Waals surface area contributed by atoms with E-state index in [2.05, 4.69) is 11.4 Å². The molecule has 4 heteroatoms. The van der Waals surface area contributed by atoms with Gasteiger partial charge in [-0.25, -0.2) is 0 Å². The van der Waals surface area contributed by atoms with Crippen LogP contribution in [0.3, 0.4) is 0 Å². The molecule has 0 aliphatic heterocycles. The van der Waals surface area contributed by atoms with E-state index in [4.69, 9.17) is 5.11 Å². The van der Waals surface area contributed by atoms with Gasteiger partial charge in [0.1, 0.15) is 0 Å². The van der Waals surface area contributed by atoms with Gasteiger partial charge in [-0.3, -0.25) is 9.59 Å². The van der Waals surface area contributed by atoms with Crippen molar-refractivity contribution < 1.29 is 14.7 Å². The number of allylic oxidation sites excluding steroid dienone is 2. The van der Waals surface area contributed by atoms with Crippen LogP contribution in [0.5, 0.6) is 0 Å². The molecule has 0 saturated heterocycles. The zero-order chi connectivity index (χ0) is 14.5. The van der Waals surface area contributed by atoms with Gasteiger partial charge in [-0.05, 0) is 43.9 Å². The number of carbonyl (C=O) groups excluding carboxylic acids is 1. The van der Waals surface area contributed by atoms with Crippen LogP contribution in [-0.4, -0.2) is 17.0 Å². The Bertz CT molecular complexity index is 519. The highest BCUT2D eigenvalue weighted by Crippen LogP contribution is 2.22. The first-order valence-corrected chi connectivity index (χ1v) is 6.86. The zero-order valence-electron chi connectivity index (χ0n) is 11.5. The molecule has 0 heterocycles. The molecule has 20 heavy (non-hydrogen) atoms. The van der Waals surface area contributed by atoms with Crippen LogP contribution in [0.4, 0.5) is 5.69 Å². The fourth-order valence-corrected chi connectivity index (χ4v) is 2.27. The van der Waals surface area contributed by atoms with Crippen LogP contribution >= 0.6 is 0 Å². The summed E-state index contributed by atoms with van der Waals surface area (Å²) in [6, 6.07) is 7.00. The molecule has 2 N–H and O–H groups in total. The van der Waals surface area contributed by atoms with Crippen molar-refractivity contribution in [2.45, 2.75) is 32.1 Å². The number of aliphatic carboxylic acids is 1. The van der Waals surface area contributed by atoms with Crippen LogP contribution < -0.4 is 5.32 Å². The van der Waals surface area contributed by atoms with E-state index >= 15 is 0 Å². The second-order valence-corrected chi connectivity index (χ2v) is 5.15. The maximum atomic E-state index is 12.1. The van der Waals surface area contributed by atoms with Crippen LogP contribution in [0.2, 0.25) is 0 Å². The lowest BCUT2D eigenvalue weighted by molar-refractivity contribution is -0.138. The Labute approximate surface area is 118 Å². The summed E-state index contributed by atoms with van der Waals surface area (Å²) >= 11 is 0. The molecule has 1 aliphatic rings. The number of hydrogen-bond donors (Lipinski definition) is 2. The van der Waals surface area contributed by atoms with Crippen LogP contribution in [0.1, 0.15) is 37.7 Å². The lowest BCUT2D eigenvalue weighted by Crippen LogP contribution is -2.23. The first kappa shape index (κ1) is 14.3. The summed E-state index contributed by atoms with van der Waals surface area (Å²) in [4.78, 5) is 22.9. The molecule has 0 spiro atoms. The topological polar surface area (TPSA) is 66.4 Å². The van der Waals surface area contributed by atoms with Crippen molar-refractivity contribution in [1.82, 2.24) is 0 Å². The number of amides is 1. The summed E-state index contributed by atoms with van der Waals surface area (Å²) in [5.74, 6) is -1.31. The fourth-order valence-electron chi connectivity index (χ4n) is 2.27. The molecule has 0 saturated carbocycles. The van der Waals surface area contributed by atoms with Gasteiger partial charge in [-0.15, -0.1) is 0 Å². The van der Waals surface area contributed by atoms with E-state index < -0.39 is 11.9 Å². The van der Waals surface area contributed by atoms with Crippen molar-refractivity contribution in [3.8, 4) is 0 Å². The molecular formula is C16H19NO3. The molecule has 2 rings (SSSR count). The number of carboxylic acid groups (broad SMARTS) is 1. The Balaban J connectivity index is 1.98. The first-order valence-electron chi connectivity index (χ1n) is 6.86. The second kappa shape index (κ2) is 6.37. The molecule has 0 aromatic heterocycles. The number of nitrogens with one attached hydrogen (secondary N) is 1. The van der Waals surface area contributed by atoms with E-state index in [9.17, 15) is 9.59 Å². The van der Waals surface area contributed by atoms with E-state index in [0.29, 0.717) is 5.69 Å². The minimum atomic E-state index is -0.851. The normalized spacial score (nSPS) is 19.4. The molecule has 1 aliphatic carbocycles. The molecule has 106 valence electrons. The highest BCUT2D eigenvalue weighted by molar-refractivity contribution is 5.92. The summed E-state index contributed by atoms with van der Waals surface area (Å²) in [7, 11) is 0. The number of carboxylic acids is 1. The maximum absolute atomic E-state index is 12.1. The van der Waals surface area contributed by atoms with Crippen LogP contribution in [0.25, 0.3) is 0 Å². The molecule has 2 unspecified atom stereocenters. The predicted molar refractivity (Wildman–Crippen MR) is 77.6 cm³/mol. The van der Waals surface area contributed by atoms with Crippen molar-refractivity contribution >= 4 is 17.6 Å². The average Bonchev–Trinajstić information content (AvgIpc) is 2.48. The van der Waals surface area contributed by atoms with E-state index in [1.807, 2.05) is 6.08 Å². The van der Waals surface area contributed by atoms with Gasteiger partial charge < -0.3 is 10.4 Å². The van der Waals surface area contributed by atoms with Gasteiger partial charge in [0.15, 0.2) is 0 Å². The van der Waals surface area contributed by atoms with Crippen LogP contribution in [0, 0.1) is 5.92 Å². The van der Waals surface area contributed by atoms with Crippen LogP contribution in [-0.2, 0) is 9.59 Å². The first-order chi connectivity index (χ1) is 9.58. The highest BCUT2D eigenvalue weighted by atomic mass is 16.4. The third-order valence-electron chi connectivity index (χ3n) is 3.69.